The first-order valence-electron chi connectivity index (χ1n) is 9.65. The van der Waals surface area contributed by atoms with E-state index in [9.17, 15) is 4.79 Å². The number of carbonyl (C=O) groups is 1. The molecule has 6 heteroatoms. The second-order valence-electron chi connectivity index (χ2n) is 7.04. The van der Waals surface area contributed by atoms with E-state index >= 15 is 0 Å². The molecule has 0 aliphatic carbocycles. The number of hydrogen-bond donors (Lipinski definition) is 0. The molecule has 1 saturated heterocycles. The van der Waals surface area contributed by atoms with Crippen LogP contribution in [0.5, 0.6) is 0 Å². The molecule has 1 aliphatic rings. The summed E-state index contributed by atoms with van der Waals surface area (Å²) in [6.07, 6.45) is 11.7. The quantitative estimate of drug-likeness (QED) is 0.676. The fourth-order valence-corrected chi connectivity index (χ4v) is 3.86. The molecule has 3 heterocycles. The highest BCUT2D eigenvalue weighted by atomic mass is 16.2. The molecule has 0 saturated carbocycles. The summed E-state index contributed by atoms with van der Waals surface area (Å²) in [6.45, 7) is 2.03. The Morgan fingerprint density at radius 3 is 2.78 bits per heavy atom. The van der Waals surface area contributed by atoms with Crippen molar-refractivity contribution >= 4 is 5.91 Å². The summed E-state index contributed by atoms with van der Waals surface area (Å²) in [5.41, 5.74) is 1.03. The van der Waals surface area contributed by atoms with Crippen LogP contribution in [0.25, 0.3) is 11.4 Å². The van der Waals surface area contributed by atoms with Crippen molar-refractivity contribution in [3.05, 3.63) is 61.2 Å². The summed E-state index contributed by atoms with van der Waals surface area (Å²) in [5.74, 6) is 1.02. The standard InChI is InChI=1S/C21H25N5O/c27-20(17-24-16-12-22-21(24)18-7-2-1-3-8-18)26-14-5-4-9-19(26)10-15-25-13-6-11-23-25/h1-3,6-8,11-13,16,19H,4-5,9-10,14-15,17H2/t19-/m1/s1. The van der Waals surface area contributed by atoms with Gasteiger partial charge in [-0.1, -0.05) is 30.3 Å². The average molecular weight is 363 g/mol. The van der Waals surface area contributed by atoms with Gasteiger partial charge in [0.15, 0.2) is 0 Å². The van der Waals surface area contributed by atoms with Crippen molar-refractivity contribution in [2.24, 2.45) is 0 Å². The van der Waals surface area contributed by atoms with Crippen LogP contribution in [0.1, 0.15) is 25.7 Å². The fraction of sp³-hybridized carbons (Fsp3) is 0.381. The summed E-state index contributed by atoms with van der Waals surface area (Å²) < 4.78 is 3.90. The lowest BCUT2D eigenvalue weighted by atomic mass is 9.99. The Morgan fingerprint density at radius 2 is 1.96 bits per heavy atom. The van der Waals surface area contributed by atoms with Crippen molar-refractivity contribution in [1.29, 1.82) is 0 Å². The minimum atomic E-state index is 0.176. The van der Waals surface area contributed by atoms with Crippen LogP contribution in [0, 0.1) is 0 Å². The predicted molar refractivity (Wildman–Crippen MR) is 104 cm³/mol. The molecule has 1 fully saturated rings. The van der Waals surface area contributed by atoms with E-state index in [2.05, 4.69) is 15.0 Å². The number of benzene rings is 1. The number of carbonyl (C=O) groups excluding carboxylic acids is 1. The summed E-state index contributed by atoms with van der Waals surface area (Å²) in [6, 6.07) is 12.2. The maximum absolute atomic E-state index is 13.1. The summed E-state index contributed by atoms with van der Waals surface area (Å²) in [4.78, 5) is 19.6. The molecule has 0 N–H and O–H groups in total. The molecule has 3 aromatic rings. The van der Waals surface area contributed by atoms with E-state index in [-0.39, 0.29) is 5.91 Å². The van der Waals surface area contributed by atoms with Gasteiger partial charge in [-0.3, -0.25) is 9.48 Å². The maximum Gasteiger partial charge on any atom is 0.242 e. The van der Waals surface area contributed by atoms with E-state index in [0.717, 1.165) is 43.7 Å². The molecule has 1 amide bonds. The van der Waals surface area contributed by atoms with Crippen LogP contribution in [0.3, 0.4) is 0 Å². The Kier molecular flexibility index (Phi) is 5.32. The molecule has 1 aromatic carbocycles. The maximum atomic E-state index is 13.1. The zero-order valence-corrected chi connectivity index (χ0v) is 15.4. The van der Waals surface area contributed by atoms with E-state index in [0.29, 0.717) is 12.6 Å². The van der Waals surface area contributed by atoms with Gasteiger partial charge in [-0.25, -0.2) is 4.98 Å². The number of aryl methyl sites for hydroxylation is 1. The molecule has 0 radical (unpaired) electrons. The lowest BCUT2D eigenvalue weighted by Gasteiger charge is -2.36. The first kappa shape index (κ1) is 17.5. The molecule has 1 aliphatic heterocycles. The van der Waals surface area contributed by atoms with Gasteiger partial charge in [-0.2, -0.15) is 5.10 Å². The van der Waals surface area contributed by atoms with Gasteiger partial charge in [-0.15, -0.1) is 0 Å². The number of piperidine rings is 1. The number of hydrogen-bond acceptors (Lipinski definition) is 3. The van der Waals surface area contributed by atoms with Gasteiger partial charge in [0.1, 0.15) is 12.4 Å². The number of imidazole rings is 1. The van der Waals surface area contributed by atoms with Crippen LogP contribution in [0.2, 0.25) is 0 Å². The third-order valence-corrected chi connectivity index (χ3v) is 5.25. The second kappa shape index (κ2) is 8.20. The van der Waals surface area contributed by atoms with Crippen LogP contribution in [0.4, 0.5) is 0 Å². The van der Waals surface area contributed by atoms with Crippen molar-refractivity contribution in [2.45, 2.75) is 44.8 Å². The largest absolute Gasteiger partial charge is 0.338 e. The minimum Gasteiger partial charge on any atom is -0.338 e. The van der Waals surface area contributed by atoms with Crippen molar-refractivity contribution in [1.82, 2.24) is 24.2 Å². The fourth-order valence-electron chi connectivity index (χ4n) is 3.86. The van der Waals surface area contributed by atoms with Crippen LogP contribution in [-0.2, 0) is 17.9 Å². The van der Waals surface area contributed by atoms with Crippen LogP contribution in [-0.4, -0.2) is 42.7 Å². The molecule has 2 aromatic heterocycles. The Bertz CT molecular complexity index is 856. The smallest absolute Gasteiger partial charge is 0.242 e. The summed E-state index contributed by atoms with van der Waals surface area (Å²) >= 11 is 0. The van der Waals surface area contributed by atoms with E-state index in [4.69, 9.17) is 0 Å². The first-order valence-corrected chi connectivity index (χ1v) is 9.65. The number of nitrogens with zero attached hydrogens (tertiary/aromatic N) is 5. The number of likely N-dealkylation sites (tertiary alicyclic amines) is 1. The Morgan fingerprint density at radius 1 is 1.07 bits per heavy atom. The molecular formula is C21H25N5O. The summed E-state index contributed by atoms with van der Waals surface area (Å²) in [7, 11) is 0. The van der Waals surface area contributed by atoms with Gasteiger partial charge in [0, 0.05) is 49.5 Å². The van der Waals surface area contributed by atoms with Gasteiger partial charge >= 0.3 is 0 Å². The Labute approximate surface area is 159 Å². The topological polar surface area (TPSA) is 56.0 Å². The highest BCUT2D eigenvalue weighted by Crippen LogP contribution is 2.22. The third-order valence-electron chi connectivity index (χ3n) is 5.25. The molecule has 6 nitrogen and oxygen atoms in total. The van der Waals surface area contributed by atoms with Gasteiger partial charge in [0.2, 0.25) is 5.91 Å². The SMILES string of the molecule is O=C(Cn1ccnc1-c1ccccc1)N1CCCC[C@@H]1CCn1cccn1. The van der Waals surface area contributed by atoms with Crippen molar-refractivity contribution in [3.63, 3.8) is 0 Å². The third kappa shape index (κ3) is 4.10. The van der Waals surface area contributed by atoms with E-state index in [1.165, 1.54) is 6.42 Å². The highest BCUT2D eigenvalue weighted by Gasteiger charge is 2.27. The number of aromatic nitrogens is 4. The van der Waals surface area contributed by atoms with Gasteiger partial charge in [-0.05, 0) is 31.7 Å². The van der Waals surface area contributed by atoms with Crippen molar-refractivity contribution in [3.8, 4) is 11.4 Å². The van der Waals surface area contributed by atoms with Gasteiger partial charge in [0.25, 0.3) is 0 Å². The first-order chi connectivity index (χ1) is 13.3. The average Bonchev–Trinajstić information content (AvgIpc) is 3.39. The van der Waals surface area contributed by atoms with Gasteiger partial charge in [0.05, 0.1) is 0 Å². The molecule has 1 atom stereocenters. The van der Waals surface area contributed by atoms with E-state index in [1.807, 2.05) is 58.0 Å². The lowest BCUT2D eigenvalue weighted by Crippen LogP contribution is -2.45. The second-order valence-corrected chi connectivity index (χ2v) is 7.04. The van der Waals surface area contributed by atoms with E-state index in [1.54, 1.807) is 12.4 Å². The van der Waals surface area contributed by atoms with Crippen LogP contribution in [0.15, 0.2) is 61.2 Å². The van der Waals surface area contributed by atoms with Gasteiger partial charge < -0.3 is 9.47 Å². The molecule has 27 heavy (non-hydrogen) atoms. The summed E-state index contributed by atoms with van der Waals surface area (Å²) in [5, 5.41) is 4.28. The normalized spacial score (nSPS) is 17.2. The van der Waals surface area contributed by atoms with Crippen molar-refractivity contribution in [2.75, 3.05) is 6.54 Å². The predicted octanol–water partition coefficient (Wildman–Crippen LogP) is 3.22. The molecule has 0 spiro atoms. The van der Waals surface area contributed by atoms with Crippen molar-refractivity contribution < 1.29 is 4.79 Å². The Hall–Kier alpha value is -2.89. The van der Waals surface area contributed by atoms with E-state index < -0.39 is 0 Å². The molecule has 140 valence electrons. The molecular weight excluding hydrogens is 338 g/mol. The lowest BCUT2D eigenvalue weighted by molar-refractivity contribution is -0.135. The zero-order valence-electron chi connectivity index (χ0n) is 15.4. The zero-order chi connectivity index (χ0) is 18.5. The number of amides is 1. The molecule has 4 rings (SSSR count). The monoisotopic (exact) mass is 363 g/mol. The number of rotatable bonds is 6. The highest BCUT2D eigenvalue weighted by molar-refractivity contribution is 5.77. The minimum absolute atomic E-state index is 0.176. The molecule has 0 unspecified atom stereocenters. The molecule has 0 bridgehead atoms. The Balaban J connectivity index is 1.44. The van der Waals surface area contributed by atoms with Crippen LogP contribution < -0.4 is 0 Å². The van der Waals surface area contributed by atoms with Crippen LogP contribution >= 0.6 is 0 Å².